The molecule has 0 bridgehead atoms. The minimum atomic E-state index is -2.71. The number of carbonyl (C=O) groups is 1. The van der Waals surface area contributed by atoms with Gasteiger partial charge in [0.05, 0.1) is 0 Å². The van der Waals surface area contributed by atoms with Gasteiger partial charge in [0.25, 0.3) is 0 Å². The summed E-state index contributed by atoms with van der Waals surface area (Å²) >= 11 is -2.71. The van der Waals surface area contributed by atoms with E-state index in [9.17, 15) is 13.6 Å². The first-order chi connectivity index (χ1) is 8.66. The van der Waals surface area contributed by atoms with E-state index in [0.29, 0.717) is 6.42 Å². The number of carbonyl (C=O) groups excluding carboxylic acids is 1. The number of hydrogen-bond donors (Lipinski definition) is 0. The van der Waals surface area contributed by atoms with Gasteiger partial charge < -0.3 is 8.74 Å². The summed E-state index contributed by atoms with van der Waals surface area (Å²) in [5.41, 5.74) is 0. The quantitative estimate of drug-likeness (QED) is 0.403. The summed E-state index contributed by atoms with van der Waals surface area (Å²) in [5, 5.41) is 0. The predicted octanol–water partition coefficient (Wildman–Crippen LogP) is 3.63. The Hall–Kier alpha value is -0.420. The Morgan fingerprint density at radius 3 is 1.83 bits per heavy atom. The third-order valence-electron chi connectivity index (χ3n) is 2.90. The number of rotatable bonds is 12. The van der Waals surface area contributed by atoms with Gasteiger partial charge in [-0.25, -0.2) is 4.21 Å². The molecule has 18 heavy (non-hydrogen) atoms. The van der Waals surface area contributed by atoms with Gasteiger partial charge in [-0.3, -0.25) is 4.79 Å². The van der Waals surface area contributed by atoms with Crippen LogP contribution < -0.4 is 0 Å². The summed E-state index contributed by atoms with van der Waals surface area (Å²) in [6.07, 6.45) is 12.1. The van der Waals surface area contributed by atoms with Crippen molar-refractivity contribution in [2.75, 3.05) is 0 Å². The maximum absolute atomic E-state index is 10.9. The average molecular weight is 277 g/mol. The standard InChI is InChI=1S/C13H26O4S/c1-2-3-4-5-6-7-8-9-10-11-12-13(14)17-18(15)16/h2-12H2,1H3,(H,15,16)/p-1. The molecule has 0 aliphatic carbocycles. The predicted molar refractivity (Wildman–Crippen MR) is 71.5 cm³/mol. The van der Waals surface area contributed by atoms with E-state index in [1.807, 2.05) is 0 Å². The van der Waals surface area contributed by atoms with Gasteiger partial charge in [-0.15, -0.1) is 0 Å². The molecule has 0 N–H and O–H groups in total. The lowest BCUT2D eigenvalue weighted by Gasteiger charge is -2.05. The van der Waals surface area contributed by atoms with Crippen molar-refractivity contribution in [3.63, 3.8) is 0 Å². The van der Waals surface area contributed by atoms with Crippen LogP contribution in [-0.4, -0.2) is 14.7 Å². The summed E-state index contributed by atoms with van der Waals surface area (Å²) < 4.78 is 24.1. The van der Waals surface area contributed by atoms with Crippen molar-refractivity contribution in [1.82, 2.24) is 0 Å². The van der Waals surface area contributed by atoms with Gasteiger partial charge in [-0.2, -0.15) is 0 Å². The van der Waals surface area contributed by atoms with Crippen LogP contribution >= 0.6 is 0 Å². The second kappa shape index (κ2) is 13.0. The van der Waals surface area contributed by atoms with E-state index in [4.69, 9.17) is 0 Å². The van der Waals surface area contributed by atoms with Crippen molar-refractivity contribution in [3.05, 3.63) is 0 Å². The normalized spacial score (nSPS) is 12.3. The monoisotopic (exact) mass is 277 g/mol. The van der Waals surface area contributed by atoms with Crippen molar-refractivity contribution in [1.29, 1.82) is 0 Å². The summed E-state index contributed by atoms with van der Waals surface area (Å²) in [5.74, 6) is -0.650. The molecular formula is C13H25O4S-. The molecule has 1 unspecified atom stereocenters. The lowest BCUT2D eigenvalue weighted by Crippen LogP contribution is -2.06. The van der Waals surface area contributed by atoms with E-state index in [1.165, 1.54) is 44.9 Å². The molecule has 0 heterocycles. The van der Waals surface area contributed by atoms with Crippen molar-refractivity contribution < 1.29 is 17.7 Å². The van der Waals surface area contributed by atoms with E-state index in [-0.39, 0.29) is 6.42 Å². The topological polar surface area (TPSA) is 66.4 Å². The van der Waals surface area contributed by atoms with E-state index in [0.717, 1.165) is 12.8 Å². The highest BCUT2D eigenvalue weighted by Gasteiger charge is 2.02. The first-order valence-electron chi connectivity index (χ1n) is 6.97. The Morgan fingerprint density at radius 2 is 1.39 bits per heavy atom. The van der Waals surface area contributed by atoms with E-state index in [2.05, 4.69) is 11.1 Å². The zero-order valence-corrected chi connectivity index (χ0v) is 12.1. The minimum Gasteiger partial charge on any atom is -0.740 e. The Morgan fingerprint density at radius 1 is 0.944 bits per heavy atom. The SMILES string of the molecule is CCCCCCCCCCCCC(=O)OS(=O)[O-]. The summed E-state index contributed by atoms with van der Waals surface area (Å²) in [6.45, 7) is 2.22. The number of unbranched alkanes of at least 4 members (excludes halogenated alkanes) is 9. The highest BCUT2D eigenvalue weighted by Crippen LogP contribution is 2.11. The first kappa shape index (κ1) is 17.6. The molecule has 0 aromatic rings. The van der Waals surface area contributed by atoms with E-state index in [1.54, 1.807) is 0 Å². The Balaban J connectivity index is 3.11. The van der Waals surface area contributed by atoms with Gasteiger partial charge in [0, 0.05) is 6.42 Å². The fraction of sp³-hybridized carbons (Fsp3) is 0.923. The van der Waals surface area contributed by atoms with Crippen molar-refractivity contribution in [2.45, 2.75) is 77.6 Å². The second-order valence-corrected chi connectivity index (χ2v) is 5.17. The van der Waals surface area contributed by atoms with Gasteiger partial charge in [0.2, 0.25) is 0 Å². The summed E-state index contributed by atoms with van der Waals surface area (Å²) in [4.78, 5) is 10.9. The number of hydrogen-bond acceptors (Lipinski definition) is 4. The smallest absolute Gasteiger partial charge is 0.319 e. The van der Waals surface area contributed by atoms with Gasteiger partial charge in [0.1, 0.15) is 11.4 Å². The Bertz CT molecular complexity index is 231. The highest BCUT2D eigenvalue weighted by molar-refractivity contribution is 7.74. The molecule has 1 atom stereocenters. The largest absolute Gasteiger partial charge is 0.740 e. The van der Waals surface area contributed by atoms with Crippen molar-refractivity contribution >= 4 is 17.3 Å². The first-order valence-corrected chi connectivity index (χ1v) is 7.97. The molecule has 0 aliphatic rings. The summed E-state index contributed by atoms with van der Waals surface area (Å²) in [7, 11) is 0. The highest BCUT2D eigenvalue weighted by atomic mass is 32.2. The van der Waals surface area contributed by atoms with Crippen molar-refractivity contribution in [3.8, 4) is 0 Å². The van der Waals surface area contributed by atoms with Crippen LogP contribution in [0, 0.1) is 0 Å². The third kappa shape index (κ3) is 13.6. The van der Waals surface area contributed by atoms with Crippen molar-refractivity contribution in [2.24, 2.45) is 0 Å². The molecule has 4 nitrogen and oxygen atoms in total. The van der Waals surface area contributed by atoms with Crippen LogP contribution in [0.5, 0.6) is 0 Å². The van der Waals surface area contributed by atoms with Crippen LogP contribution in [0.25, 0.3) is 0 Å². The van der Waals surface area contributed by atoms with Gasteiger partial charge in [-0.1, -0.05) is 64.7 Å². The van der Waals surface area contributed by atoms with Crippen LogP contribution in [-0.2, 0) is 20.3 Å². The third-order valence-corrected chi connectivity index (χ3v) is 3.22. The van der Waals surface area contributed by atoms with Gasteiger partial charge in [-0.05, 0) is 6.42 Å². The van der Waals surface area contributed by atoms with E-state index >= 15 is 0 Å². The molecule has 0 spiro atoms. The van der Waals surface area contributed by atoms with Crippen LogP contribution in [0.2, 0.25) is 0 Å². The molecule has 5 heteroatoms. The van der Waals surface area contributed by atoms with Crippen LogP contribution in [0.3, 0.4) is 0 Å². The molecule has 0 amide bonds. The van der Waals surface area contributed by atoms with Gasteiger partial charge >= 0.3 is 5.97 Å². The Kier molecular flexibility index (Phi) is 12.7. The lowest BCUT2D eigenvalue weighted by molar-refractivity contribution is -0.134. The molecule has 0 aromatic carbocycles. The van der Waals surface area contributed by atoms with Gasteiger partial charge in [0.15, 0.2) is 0 Å². The fourth-order valence-electron chi connectivity index (χ4n) is 1.87. The Labute approximate surface area is 113 Å². The maximum Gasteiger partial charge on any atom is 0.319 e. The molecule has 0 rings (SSSR count). The molecule has 0 aliphatic heterocycles. The molecule has 108 valence electrons. The molecule has 0 saturated heterocycles. The zero-order chi connectivity index (χ0) is 13.6. The van der Waals surface area contributed by atoms with Crippen LogP contribution in [0.1, 0.15) is 77.6 Å². The maximum atomic E-state index is 10.9. The zero-order valence-electron chi connectivity index (χ0n) is 11.3. The average Bonchev–Trinajstić information content (AvgIpc) is 2.30. The molecule has 0 fully saturated rings. The van der Waals surface area contributed by atoms with E-state index < -0.39 is 17.3 Å². The fourth-order valence-corrected chi connectivity index (χ4v) is 2.11. The van der Waals surface area contributed by atoms with Crippen LogP contribution in [0.4, 0.5) is 0 Å². The molecule has 0 saturated carbocycles. The summed E-state index contributed by atoms with van der Waals surface area (Å²) in [6, 6.07) is 0. The molecule has 0 aromatic heterocycles. The van der Waals surface area contributed by atoms with Crippen LogP contribution in [0.15, 0.2) is 0 Å². The molecule has 0 radical (unpaired) electrons. The second-order valence-electron chi connectivity index (χ2n) is 4.59. The molecular weight excluding hydrogens is 252 g/mol. The lowest BCUT2D eigenvalue weighted by atomic mass is 10.1. The minimum absolute atomic E-state index is 0.199.